The van der Waals surface area contributed by atoms with Gasteiger partial charge in [-0.1, -0.05) is 29.3 Å². The second-order valence-corrected chi connectivity index (χ2v) is 5.20. The molecular weight excluding hydrogens is 325 g/mol. The van der Waals surface area contributed by atoms with Crippen LogP contribution in [-0.4, -0.2) is 0 Å². The molecule has 0 spiro atoms. The van der Waals surface area contributed by atoms with E-state index in [2.05, 4.69) is 21.2 Å². The molecule has 1 atom stereocenters. The number of benzene rings is 1. The molecule has 1 aromatic carbocycles. The number of halogens is 3. The third kappa shape index (κ3) is 2.97. The summed E-state index contributed by atoms with van der Waals surface area (Å²) in [7, 11) is 0. The topological polar surface area (TPSA) is 25.2 Å². The van der Waals surface area contributed by atoms with Crippen LogP contribution < -0.4 is 5.32 Å². The van der Waals surface area contributed by atoms with Gasteiger partial charge in [0.05, 0.1) is 21.8 Å². The Bertz CT molecular complexity index is 507. The van der Waals surface area contributed by atoms with E-state index in [1.807, 2.05) is 25.1 Å². The quantitative estimate of drug-likeness (QED) is 0.799. The summed E-state index contributed by atoms with van der Waals surface area (Å²) in [6.45, 7) is 1.98. The van der Waals surface area contributed by atoms with Gasteiger partial charge in [-0.05, 0) is 47.1 Å². The summed E-state index contributed by atoms with van der Waals surface area (Å²) in [5, 5.41) is 4.41. The average molecular weight is 335 g/mol. The fourth-order valence-corrected chi connectivity index (χ4v) is 2.31. The molecule has 2 nitrogen and oxygen atoms in total. The molecular formula is C12H10BrCl2NO. The maximum absolute atomic E-state index is 6.08. The lowest BCUT2D eigenvalue weighted by atomic mass is 10.2. The first-order chi connectivity index (χ1) is 8.08. The van der Waals surface area contributed by atoms with E-state index in [4.69, 9.17) is 27.6 Å². The van der Waals surface area contributed by atoms with E-state index in [9.17, 15) is 0 Å². The van der Waals surface area contributed by atoms with E-state index in [1.165, 1.54) is 0 Å². The summed E-state index contributed by atoms with van der Waals surface area (Å²) in [6, 6.07) is 9.12. The van der Waals surface area contributed by atoms with E-state index < -0.39 is 0 Å². The SMILES string of the molecule is CC(Nc1c(Cl)cccc1Cl)c1ccc(Br)o1. The molecule has 0 saturated carbocycles. The molecule has 0 aliphatic rings. The number of hydrogen-bond donors (Lipinski definition) is 1. The molecule has 90 valence electrons. The minimum Gasteiger partial charge on any atom is -0.452 e. The monoisotopic (exact) mass is 333 g/mol. The van der Waals surface area contributed by atoms with Crippen LogP contribution in [0.5, 0.6) is 0 Å². The van der Waals surface area contributed by atoms with E-state index in [1.54, 1.807) is 12.1 Å². The van der Waals surface area contributed by atoms with E-state index in [0.29, 0.717) is 14.7 Å². The van der Waals surface area contributed by atoms with Crippen molar-refractivity contribution < 1.29 is 4.42 Å². The first kappa shape index (κ1) is 12.8. The van der Waals surface area contributed by atoms with E-state index in [0.717, 1.165) is 11.4 Å². The van der Waals surface area contributed by atoms with Gasteiger partial charge in [-0.25, -0.2) is 0 Å². The molecule has 2 aromatic rings. The predicted octanol–water partition coefficient (Wildman–Crippen LogP) is 5.52. The van der Waals surface area contributed by atoms with Crippen molar-refractivity contribution in [3.63, 3.8) is 0 Å². The van der Waals surface area contributed by atoms with Gasteiger partial charge >= 0.3 is 0 Å². The molecule has 1 N–H and O–H groups in total. The van der Waals surface area contributed by atoms with Crippen LogP contribution >= 0.6 is 39.1 Å². The Morgan fingerprint density at radius 1 is 1.18 bits per heavy atom. The largest absolute Gasteiger partial charge is 0.452 e. The molecule has 0 bridgehead atoms. The van der Waals surface area contributed by atoms with Crippen LogP contribution in [0.3, 0.4) is 0 Å². The Morgan fingerprint density at radius 2 is 1.82 bits per heavy atom. The molecule has 0 radical (unpaired) electrons. The maximum Gasteiger partial charge on any atom is 0.169 e. The number of nitrogens with one attached hydrogen (secondary N) is 1. The van der Waals surface area contributed by atoms with Crippen LogP contribution in [0.1, 0.15) is 18.7 Å². The highest BCUT2D eigenvalue weighted by Gasteiger charge is 2.13. The van der Waals surface area contributed by atoms with Crippen molar-refractivity contribution in [2.75, 3.05) is 5.32 Å². The lowest BCUT2D eigenvalue weighted by Gasteiger charge is -2.15. The molecule has 0 fully saturated rings. The molecule has 0 amide bonds. The maximum atomic E-state index is 6.08. The molecule has 0 saturated heterocycles. The highest BCUT2D eigenvalue weighted by atomic mass is 79.9. The molecule has 5 heteroatoms. The van der Waals surface area contributed by atoms with Crippen LogP contribution in [0.2, 0.25) is 10.0 Å². The number of rotatable bonds is 3. The van der Waals surface area contributed by atoms with Gasteiger partial charge < -0.3 is 9.73 Å². The Kier molecular flexibility index (Phi) is 4.02. The normalized spacial score (nSPS) is 12.5. The lowest BCUT2D eigenvalue weighted by Crippen LogP contribution is -2.06. The summed E-state index contributed by atoms with van der Waals surface area (Å²) in [4.78, 5) is 0. The second-order valence-electron chi connectivity index (χ2n) is 3.60. The molecule has 1 unspecified atom stereocenters. The number of anilines is 1. The van der Waals surface area contributed by atoms with Gasteiger partial charge in [0.25, 0.3) is 0 Å². The summed E-state index contributed by atoms with van der Waals surface area (Å²) >= 11 is 15.4. The third-order valence-electron chi connectivity index (χ3n) is 2.34. The fraction of sp³-hybridized carbons (Fsp3) is 0.167. The van der Waals surface area contributed by atoms with E-state index >= 15 is 0 Å². The molecule has 0 aliphatic heterocycles. The summed E-state index contributed by atoms with van der Waals surface area (Å²) in [6.07, 6.45) is 0. The highest BCUT2D eigenvalue weighted by molar-refractivity contribution is 9.10. The van der Waals surface area contributed by atoms with Crippen LogP contribution in [0.4, 0.5) is 5.69 Å². The van der Waals surface area contributed by atoms with Crippen LogP contribution in [0.15, 0.2) is 39.4 Å². The van der Waals surface area contributed by atoms with Gasteiger partial charge in [0.15, 0.2) is 4.67 Å². The fourth-order valence-electron chi connectivity index (χ4n) is 1.48. The minimum atomic E-state index is -0.0151. The Balaban J connectivity index is 2.21. The molecule has 17 heavy (non-hydrogen) atoms. The molecule has 1 aromatic heterocycles. The van der Waals surface area contributed by atoms with Gasteiger partial charge in [0, 0.05) is 0 Å². The number of hydrogen-bond acceptors (Lipinski definition) is 2. The van der Waals surface area contributed by atoms with E-state index in [-0.39, 0.29) is 6.04 Å². The molecule has 0 aliphatic carbocycles. The van der Waals surface area contributed by atoms with Gasteiger partial charge in [0.1, 0.15) is 5.76 Å². The van der Waals surface area contributed by atoms with Gasteiger partial charge in [-0.2, -0.15) is 0 Å². The van der Waals surface area contributed by atoms with Crippen molar-refractivity contribution >= 4 is 44.8 Å². The number of para-hydroxylation sites is 1. The van der Waals surface area contributed by atoms with Gasteiger partial charge in [-0.3, -0.25) is 0 Å². The summed E-state index contributed by atoms with van der Waals surface area (Å²) < 4.78 is 6.17. The van der Waals surface area contributed by atoms with Crippen molar-refractivity contribution in [2.24, 2.45) is 0 Å². The lowest BCUT2D eigenvalue weighted by molar-refractivity contribution is 0.471. The van der Waals surface area contributed by atoms with Crippen LogP contribution in [0.25, 0.3) is 0 Å². The first-order valence-corrected chi connectivity index (χ1v) is 6.58. The highest BCUT2D eigenvalue weighted by Crippen LogP contribution is 2.33. The Labute approximate surface area is 118 Å². The first-order valence-electron chi connectivity index (χ1n) is 5.03. The Morgan fingerprint density at radius 3 is 2.35 bits per heavy atom. The third-order valence-corrected chi connectivity index (χ3v) is 3.40. The average Bonchev–Trinajstić information content (AvgIpc) is 2.70. The Hall–Kier alpha value is -0.640. The summed E-state index contributed by atoms with van der Waals surface area (Å²) in [5.41, 5.74) is 0.718. The smallest absolute Gasteiger partial charge is 0.169 e. The second kappa shape index (κ2) is 5.34. The minimum absolute atomic E-state index is 0.0151. The van der Waals surface area contributed by atoms with Crippen molar-refractivity contribution in [2.45, 2.75) is 13.0 Å². The van der Waals surface area contributed by atoms with Crippen LogP contribution in [-0.2, 0) is 0 Å². The van der Waals surface area contributed by atoms with Gasteiger partial charge in [-0.15, -0.1) is 0 Å². The van der Waals surface area contributed by atoms with Crippen molar-refractivity contribution in [3.05, 3.63) is 50.8 Å². The zero-order chi connectivity index (χ0) is 12.4. The standard InChI is InChI=1S/C12H10BrCl2NO/c1-7(10-5-6-11(13)17-10)16-12-8(14)3-2-4-9(12)15/h2-7,16H,1H3. The van der Waals surface area contributed by atoms with Crippen molar-refractivity contribution in [1.82, 2.24) is 0 Å². The zero-order valence-corrected chi connectivity index (χ0v) is 12.1. The molecule has 2 rings (SSSR count). The summed E-state index contributed by atoms with van der Waals surface area (Å²) in [5.74, 6) is 0.813. The molecule has 1 heterocycles. The zero-order valence-electron chi connectivity index (χ0n) is 9.01. The van der Waals surface area contributed by atoms with Crippen molar-refractivity contribution in [3.8, 4) is 0 Å². The predicted molar refractivity (Wildman–Crippen MR) is 74.9 cm³/mol. The van der Waals surface area contributed by atoms with Crippen molar-refractivity contribution in [1.29, 1.82) is 0 Å². The van der Waals surface area contributed by atoms with Crippen LogP contribution in [0, 0.1) is 0 Å². The van der Waals surface area contributed by atoms with Gasteiger partial charge in [0.2, 0.25) is 0 Å². The number of furan rings is 1.